The number of carbonyl (C=O) groups is 1. The van der Waals surface area contributed by atoms with E-state index in [1.807, 2.05) is 54.2 Å². The molecule has 0 heterocycles. The summed E-state index contributed by atoms with van der Waals surface area (Å²) in [6.45, 7) is 6.71. The van der Waals surface area contributed by atoms with Crippen molar-refractivity contribution in [1.82, 2.24) is 0 Å². The largest absolute Gasteiger partial charge is 0.497 e. The van der Waals surface area contributed by atoms with Gasteiger partial charge in [0.2, 0.25) is 0 Å². The minimum absolute atomic E-state index is 0.00554. The SMILES string of the molecule is COc1ccc([C@H](SCC23CCC(CC2=O)C3(C)C)[C@H](C)[C@@H](O)c2ccccc2)cc1. The first-order valence-electron chi connectivity index (χ1n) is 11.3. The van der Waals surface area contributed by atoms with Gasteiger partial charge in [-0.25, -0.2) is 0 Å². The summed E-state index contributed by atoms with van der Waals surface area (Å²) in [5.74, 6) is 2.61. The van der Waals surface area contributed by atoms with E-state index >= 15 is 0 Å². The van der Waals surface area contributed by atoms with Gasteiger partial charge in [-0.15, -0.1) is 0 Å². The summed E-state index contributed by atoms with van der Waals surface area (Å²) in [6.07, 6.45) is 2.33. The van der Waals surface area contributed by atoms with Crippen molar-refractivity contribution in [1.29, 1.82) is 0 Å². The van der Waals surface area contributed by atoms with Gasteiger partial charge in [0.05, 0.1) is 13.2 Å². The second-order valence-corrected chi connectivity index (χ2v) is 11.0. The predicted octanol–water partition coefficient (Wildman–Crippen LogP) is 6.23. The van der Waals surface area contributed by atoms with E-state index in [-0.39, 0.29) is 22.0 Å². The Morgan fingerprint density at radius 1 is 1.10 bits per heavy atom. The smallest absolute Gasteiger partial charge is 0.140 e. The molecule has 0 aromatic heterocycles. The standard InChI is InChI=1S/C27H34O3S/c1-18(24(29)19-8-6-5-7-9-19)25(20-10-12-22(30-4)13-11-20)31-17-27-15-14-21(16-23(27)28)26(27,2)3/h5-13,18,21,24-25,29H,14-17H2,1-4H3/t18-,21?,24-,25-,27?/m1/s1. The number of aliphatic hydroxyl groups excluding tert-OH is 1. The zero-order valence-electron chi connectivity index (χ0n) is 19.0. The average Bonchev–Trinajstić information content (AvgIpc) is 3.14. The number of benzene rings is 2. The van der Waals surface area contributed by atoms with E-state index in [1.165, 1.54) is 5.56 Å². The summed E-state index contributed by atoms with van der Waals surface area (Å²) in [6, 6.07) is 18.1. The van der Waals surface area contributed by atoms with Crippen LogP contribution in [0.2, 0.25) is 0 Å². The lowest BCUT2D eigenvalue weighted by atomic mass is 9.70. The lowest BCUT2D eigenvalue weighted by Crippen LogP contribution is -2.38. The second-order valence-electron chi connectivity index (χ2n) is 9.89. The van der Waals surface area contributed by atoms with Crippen LogP contribution in [0.25, 0.3) is 0 Å². The molecule has 0 spiro atoms. The van der Waals surface area contributed by atoms with Crippen LogP contribution in [0.1, 0.15) is 62.5 Å². The van der Waals surface area contributed by atoms with Crippen molar-refractivity contribution in [3.63, 3.8) is 0 Å². The molecular weight excluding hydrogens is 404 g/mol. The summed E-state index contributed by atoms with van der Waals surface area (Å²) in [4.78, 5) is 13.1. The molecule has 2 saturated carbocycles. The Labute approximate surface area is 190 Å². The highest BCUT2D eigenvalue weighted by atomic mass is 32.2. The fraction of sp³-hybridized carbons (Fsp3) is 0.519. The third-order valence-corrected chi connectivity index (χ3v) is 9.93. The molecule has 2 aliphatic rings. The van der Waals surface area contributed by atoms with Gasteiger partial charge >= 0.3 is 0 Å². The van der Waals surface area contributed by atoms with Crippen LogP contribution >= 0.6 is 11.8 Å². The van der Waals surface area contributed by atoms with E-state index < -0.39 is 6.10 Å². The van der Waals surface area contributed by atoms with Crippen LogP contribution in [0.4, 0.5) is 0 Å². The van der Waals surface area contributed by atoms with Gasteiger partial charge in [-0.3, -0.25) is 4.79 Å². The summed E-state index contributed by atoms with van der Waals surface area (Å²) in [5, 5.41) is 11.3. The molecule has 3 nitrogen and oxygen atoms in total. The van der Waals surface area contributed by atoms with Crippen molar-refractivity contribution in [2.45, 2.75) is 51.4 Å². The number of thioether (sulfide) groups is 1. The lowest BCUT2D eigenvalue weighted by molar-refractivity contribution is -0.127. The van der Waals surface area contributed by atoms with Gasteiger partial charge in [0.1, 0.15) is 11.5 Å². The van der Waals surface area contributed by atoms with E-state index in [2.05, 4.69) is 32.9 Å². The molecule has 0 aliphatic heterocycles. The molecule has 2 aliphatic carbocycles. The number of carbonyl (C=O) groups excluding carboxylic acids is 1. The van der Waals surface area contributed by atoms with Gasteiger partial charge < -0.3 is 9.84 Å². The Balaban J connectivity index is 1.61. The molecule has 1 N–H and O–H groups in total. The predicted molar refractivity (Wildman–Crippen MR) is 127 cm³/mol. The minimum atomic E-state index is -0.568. The van der Waals surface area contributed by atoms with Crippen molar-refractivity contribution in [2.24, 2.45) is 22.7 Å². The first kappa shape index (κ1) is 22.4. The van der Waals surface area contributed by atoms with Crippen molar-refractivity contribution in [3.8, 4) is 5.75 Å². The molecule has 166 valence electrons. The van der Waals surface area contributed by atoms with Gasteiger partial charge in [-0.05, 0) is 47.4 Å². The van der Waals surface area contributed by atoms with Crippen LogP contribution < -0.4 is 4.74 Å². The van der Waals surface area contributed by atoms with Crippen molar-refractivity contribution in [2.75, 3.05) is 12.9 Å². The maximum absolute atomic E-state index is 13.1. The third kappa shape index (κ3) is 3.82. The van der Waals surface area contributed by atoms with Crippen molar-refractivity contribution >= 4 is 17.5 Å². The van der Waals surface area contributed by atoms with E-state index in [0.717, 1.165) is 36.3 Å². The van der Waals surface area contributed by atoms with Crippen molar-refractivity contribution < 1.29 is 14.6 Å². The van der Waals surface area contributed by atoms with E-state index in [4.69, 9.17) is 4.74 Å². The number of aliphatic hydroxyl groups is 1. The highest BCUT2D eigenvalue weighted by Crippen LogP contribution is 2.65. The molecule has 0 amide bonds. The zero-order chi connectivity index (χ0) is 22.2. The average molecular weight is 439 g/mol. The van der Waals surface area contributed by atoms with Gasteiger partial charge in [0.15, 0.2) is 0 Å². The minimum Gasteiger partial charge on any atom is -0.497 e. The number of hydrogen-bond donors (Lipinski definition) is 1. The van der Waals surface area contributed by atoms with Gasteiger partial charge in [-0.1, -0.05) is 63.2 Å². The molecule has 4 heteroatoms. The van der Waals surface area contributed by atoms with Crippen LogP contribution in [0, 0.1) is 22.7 Å². The number of ketones is 1. The van der Waals surface area contributed by atoms with Crippen LogP contribution in [-0.4, -0.2) is 23.8 Å². The molecule has 31 heavy (non-hydrogen) atoms. The normalized spacial score (nSPS) is 27.1. The molecular formula is C27H34O3S. The highest BCUT2D eigenvalue weighted by molar-refractivity contribution is 7.99. The Hall–Kier alpha value is -1.78. The zero-order valence-corrected chi connectivity index (χ0v) is 19.8. The Morgan fingerprint density at radius 3 is 2.32 bits per heavy atom. The Kier molecular flexibility index (Phi) is 6.24. The Morgan fingerprint density at radius 2 is 1.77 bits per heavy atom. The van der Waals surface area contributed by atoms with E-state index in [0.29, 0.717) is 11.7 Å². The topological polar surface area (TPSA) is 46.5 Å². The molecule has 2 unspecified atom stereocenters. The van der Waals surface area contributed by atoms with Gasteiger partial charge in [0.25, 0.3) is 0 Å². The summed E-state index contributed by atoms with van der Waals surface area (Å²) < 4.78 is 5.35. The van der Waals surface area contributed by atoms with Crippen LogP contribution in [0.15, 0.2) is 54.6 Å². The first-order chi connectivity index (χ1) is 14.8. The Bertz CT molecular complexity index is 908. The fourth-order valence-electron chi connectivity index (χ4n) is 5.80. The summed E-state index contributed by atoms with van der Waals surface area (Å²) in [7, 11) is 1.67. The molecule has 2 bridgehead atoms. The molecule has 0 radical (unpaired) electrons. The number of rotatable bonds is 8. The first-order valence-corrected chi connectivity index (χ1v) is 12.4. The number of Topliss-reactive ketones (excluding diaryl/α,β-unsaturated/α-hetero) is 1. The molecule has 2 fully saturated rings. The van der Waals surface area contributed by atoms with Crippen molar-refractivity contribution in [3.05, 3.63) is 65.7 Å². The van der Waals surface area contributed by atoms with Gasteiger partial charge in [-0.2, -0.15) is 11.8 Å². The van der Waals surface area contributed by atoms with Crippen LogP contribution in [0.3, 0.4) is 0 Å². The number of ether oxygens (including phenoxy) is 1. The number of methoxy groups -OCH3 is 1. The number of hydrogen-bond acceptors (Lipinski definition) is 4. The van der Waals surface area contributed by atoms with Crippen LogP contribution in [0.5, 0.6) is 5.75 Å². The fourth-order valence-corrected chi connectivity index (χ4v) is 7.75. The third-order valence-electron chi connectivity index (χ3n) is 8.21. The molecule has 4 rings (SSSR count). The second kappa shape index (κ2) is 8.63. The van der Waals surface area contributed by atoms with E-state index in [9.17, 15) is 9.90 Å². The molecule has 0 saturated heterocycles. The lowest BCUT2D eigenvalue weighted by Gasteiger charge is -2.38. The quantitative estimate of drug-likeness (QED) is 0.530. The monoisotopic (exact) mass is 438 g/mol. The highest BCUT2D eigenvalue weighted by Gasteiger charge is 2.63. The van der Waals surface area contributed by atoms with Gasteiger partial charge in [0, 0.05) is 28.8 Å². The summed E-state index contributed by atoms with van der Waals surface area (Å²) in [5.41, 5.74) is 1.93. The molecule has 2 aromatic rings. The maximum atomic E-state index is 13.1. The molecule has 5 atom stereocenters. The number of fused-ring (bicyclic) bond motifs is 2. The van der Waals surface area contributed by atoms with E-state index in [1.54, 1.807) is 7.11 Å². The molecule has 2 aromatic carbocycles. The summed E-state index contributed by atoms with van der Waals surface area (Å²) >= 11 is 1.85. The van der Waals surface area contributed by atoms with Crippen LogP contribution in [-0.2, 0) is 4.79 Å². The maximum Gasteiger partial charge on any atom is 0.140 e.